The van der Waals surface area contributed by atoms with Gasteiger partial charge in [-0.25, -0.2) is 9.78 Å². The number of rotatable bonds is 4. The van der Waals surface area contributed by atoms with Crippen molar-refractivity contribution in [2.45, 2.75) is 19.4 Å². The zero-order chi connectivity index (χ0) is 23.5. The standard InChI is InChI=1S/C26H27N3O4/c1-16-11-20-12-23(32-3)24(33-4)13-21(20)22(15-29(16)26(31)27-2)18-7-5-17(6-8-18)19-9-10-25(30)28-14-19/h5-10,12-16H,11H2,1-4H3,(H,27,31)(H,28,30). The predicted molar refractivity (Wildman–Crippen MR) is 127 cm³/mol. The lowest BCUT2D eigenvalue weighted by Gasteiger charge is -2.24. The van der Waals surface area contributed by atoms with Gasteiger partial charge in [-0.3, -0.25) is 4.90 Å². The molecule has 2 amide bonds. The Kier molecular flexibility index (Phi) is 6.22. The largest absolute Gasteiger partial charge is 0.493 e. The second-order valence-electron chi connectivity index (χ2n) is 7.91. The van der Waals surface area contributed by atoms with E-state index in [0.717, 1.165) is 33.4 Å². The van der Waals surface area contributed by atoms with E-state index in [1.165, 1.54) is 0 Å². The summed E-state index contributed by atoms with van der Waals surface area (Å²) in [6.45, 7) is 2.02. The molecular weight excluding hydrogens is 418 g/mol. The van der Waals surface area contributed by atoms with Gasteiger partial charge < -0.3 is 19.9 Å². The third-order valence-electron chi connectivity index (χ3n) is 5.88. The van der Waals surface area contributed by atoms with Crippen LogP contribution in [0.1, 0.15) is 23.6 Å². The van der Waals surface area contributed by atoms with Crippen LogP contribution in [-0.4, -0.2) is 48.3 Å². The number of urea groups is 1. The lowest BCUT2D eigenvalue weighted by Crippen LogP contribution is -2.40. The van der Waals surface area contributed by atoms with Crippen molar-refractivity contribution in [1.29, 1.82) is 0 Å². The molecule has 2 N–H and O–H groups in total. The lowest BCUT2D eigenvalue weighted by atomic mass is 9.91. The Balaban J connectivity index is 1.84. The topological polar surface area (TPSA) is 83.9 Å². The van der Waals surface area contributed by atoms with Crippen LogP contribution in [0.25, 0.3) is 16.7 Å². The zero-order valence-corrected chi connectivity index (χ0v) is 19.1. The smallest absolute Gasteiger partial charge is 0.321 e. The first-order chi connectivity index (χ1) is 15.9. The SMILES string of the molecule is CNC(=O)N1C=C(c2ccc(-c3ccc(O)nc3)cc2)c2cc(OC)c(OC)cc2CC1C. The Hall–Kier alpha value is -4.00. The van der Waals surface area contributed by atoms with Crippen LogP contribution in [0.2, 0.25) is 0 Å². The van der Waals surface area contributed by atoms with E-state index < -0.39 is 0 Å². The van der Waals surface area contributed by atoms with Crippen molar-refractivity contribution in [3.63, 3.8) is 0 Å². The minimum absolute atomic E-state index is 0.0108. The normalized spacial score (nSPS) is 15.2. The number of aromatic nitrogens is 1. The van der Waals surface area contributed by atoms with Gasteiger partial charge in [0.2, 0.25) is 5.88 Å². The third kappa shape index (κ3) is 4.35. The third-order valence-corrected chi connectivity index (χ3v) is 5.88. The summed E-state index contributed by atoms with van der Waals surface area (Å²) in [5.41, 5.74) is 5.82. The number of nitrogens with one attached hydrogen (secondary N) is 1. The number of fused-ring (bicyclic) bond motifs is 1. The first-order valence-corrected chi connectivity index (χ1v) is 10.7. The molecule has 0 saturated carbocycles. The Morgan fingerprint density at radius 3 is 2.27 bits per heavy atom. The van der Waals surface area contributed by atoms with Crippen LogP contribution >= 0.6 is 0 Å². The predicted octanol–water partition coefficient (Wildman–Crippen LogP) is 4.45. The minimum Gasteiger partial charge on any atom is -0.493 e. The quantitative estimate of drug-likeness (QED) is 0.620. The lowest BCUT2D eigenvalue weighted by molar-refractivity contribution is 0.205. The zero-order valence-electron chi connectivity index (χ0n) is 19.1. The molecule has 3 aromatic rings. The molecule has 1 atom stereocenters. The van der Waals surface area contributed by atoms with E-state index in [9.17, 15) is 9.90 Å². The number of nitrogens with zero attached hydrogens (tertiary/aromatic N) is 2. The number of carbonyl (C=O) groups is 1. The van der Waals surface area contributed by atoms with Gasteiger partial charge in [0.1, 0.15) is 0 Å². The molecule has 0 bridgehead atoms. The molecule has 0 aliphatic carbocycles. The Morgan fingerprint density at radius 2 is 1.67 bits per heavy atom. The van der Waals surface area contributed by atoms with Gasteiger partial charge >= 0.3 is 6.03 Å². The Bertz CT molecular complexity index is 1190. The van der Waals surface area contributed by atoms with E-state index >= 15 is 0 Å². The molecule has 7 nitrogen and oxygen atoms in total. The molecule has 1 aromatic heterocycles. The van der Waals surface area contributed by atoms with Gasteiger partial charge in [0.15, 0.2) is 11.5 Å². The highest BCUT2D eigenvalue weighted by molar-refractivity contribution is 5.87. The molecule has 0 saturated heterocycles. The van der Waals surface area contributed by atoms with Crippen molar-refractivity contribution < 1.29 is 19.4 Å². The van der Waals surface area contributed by atoms with Crippen molar-refractivity contribution in [2.24, 2.45) is 0 Å². The van der Waals surface area contributed by atoms with Crippen LogP contribution in [0.15, 0.2) is 60.9 Å². The van der Waals surface area contributed by atoms with Crippen molar-refractivity contribution >= 4 is 11.6 Å². The maximum absolute atomic E-state index is 12.7. The van der Waals surface area contributed by atoms with Crippen LogP contribution in [-0.2, 0) is 6.42 Å². The minimum atomic E-state index is -0.168. The second kappa shape index (κ2) is 9.24. The van der Waals surface area contributed by atoms with Crippen LogP contribution in [0, 0.1) is 0 Å². The fourth-order valence-electron chi connectivity index (χ4n) is 4.11. The number of aromatic hydroxyl groups is 1. The summed E-state index contributed by atoms with van der Waals surface area (Å²) in [5.74, 6) is 1.28. The molecule has 1 aliphatic rings. The van der Waals surface area contributed by atoms with E-state index in [-0.39, 0.29) is 18.0 Å². The van der Waals surface area contributed by atoms with Gasteiger partial charge in [0.05, 0.1) is 14.2 Å². The summed E-state index contributed by atoms with van der Waals surface area (Å²) in [7, 11) is 4.87. The maximum atomic E-state index is 12.7. The number of amides is 2. The molecular formula is C26H27N3O4. The van der Waals surface area contributed by atoms with Gasteiger partial charge in [-0.05, 0) is 53.8 Å². The van der Waals surface area contributed by atoms with Gasteiger partial charge in [-0.15, -0.1) is 0 Å². The molecule has 2 aromatic carbocycles. The number of carbonyl (C=O) groups excluding carboxylic acids is 1. The number of methoxy groups -OCH3 is 2. The van der Waals surface area contributed by atoms with Gasteiger partial charge in [-0.2, -0.15) is 0 Å². The Morgan fingerprint density at radius 1 is 1.03 bits per heavy atom. The molecule has 0 spiro atoms. The van der Waals surface area contributed by atoms with Crippen molar-refractivity contribution in [1.82, 2.24) is 15.2 Å². The van der Waals surface area contributed by atoms with E-state index in [1.54, 1.807) is 38.4 Å². The summed E-state index contributed by atoms with van der Waals surface area (Å²) < 4.78 is 11.1. The monoisotopic (exact) mass is 445 g/mol. The number of ether oxygens (including phenoxy) is 2. The number of hydrogen-bond acceptors (Lipinski definition) is 5. The van der Waals surface area contributed by atoms with Crippen LogP contribution in [0.5, 0.6) is 17.4 Å². The molecule has 4 rings (SSSR count). The summed E-state index contributed by atoms with van der Waals surface area (Å²) in [6.07, 6.45) is 4.20. The van der Waals surface area contributed by atoms with Gasteiger partial charge in [-0.1, -0.05) is 24.3 Å². The maximum Gasteiger partial charge on any atom is 0.321 e. The molecule has 1 unspecified atom stereocenters. The van der Waals surface area contributed by atoms with Crippen molar-refractivity contribution in [3.8, 4) is 28.5 Å². The molecule has 2 heterocycles. The highest BCUT2D eigenvalue weighted by Crippen LogP contribution is 2.39. The molecule has 0 fully saturated rings. The summed E-state index contributed by atoms with van der Waals surface area (Å²) in [6, 6.07) is 15.2. The van der Waals surface area contributed by atoms with Crippen LogP contribution in [0.3, 0.4) is 0 Å². The van der Waals surface area contributed by atoms with E-state index in [1.807, 2.05) is 55.6 Å². The molecule has 1 aliphatic heterocycles. The van der Waals surface area contributed by atoms with Gasteiger partial charge in [0, 0.05) is 42.7 Å². The van der Waals surface area contributed by atoms with E-state index in [4.69, 9.17) is 9.47 Å². The summed E-state index contributed by atoms with van der Waals surface area (Å²) in [4.78, 5) is 18.4. The van der Waals surface area contributed by atoms with Crippen molar-refractivity contribution in [2.75, 3.05) is 21.3 Å². The Labute approximate surface area is 193 Å². The molecule has 0 radical (unpaired) electrons. The first-order valence-electron chi connectivity index (χ1n) is 10.7. The molecule has 7 heteroatoms. The fourth-order valence-corrected chi connectivity index (χ4v) is 4.11. The van der Waals surface area contributed by atoms with Crippen LogP contribution < -0.4 is 14.8 Å². The number of pyridine rings is 1. The van der Waals surface area contributed by atoms with Gasteiger partial charge in [0.25, 0.3) is 0 Å². The summed E-state index contributed by atoms with van der Waals surface area (Å²) >= 11 is 0. The highest BCUT2D eigenvalue weighted by atomic mass is 16.5. The first kappa shape index (κ1) is 22.2. The average molecular weight is 446 g/mol. The summed E-state index contributed by atoms with van der Waals surface area (Å²) in [5, 5.41) is 12.2. The average Bonchev–Trinajstić information content (AvgIpc) is 2.98. The van der Waals surface area contributed by atoms with E-state index in [0.29, 0.717) is 17.9 Å². The highest BCUT2D eigenvalue weighted by Gasteiger charge is 2.26. The number of hydrogen-bond donors (Lipinski definition) is 2. The molecule has 170 valence electrons. The van der Waals surface area contributed by atoms with Crippen LogP contribution in [0.4, 0.5) is 4.79 Å². The van der Waals surface area contributed by atoms with Crippen molar-refractivity contribution in [3.05, 3.63) is 77.6 Å². The number of benzene rings is 2. The van der Waals surface area contributed by atoms with E-state index in [2.05, 4.69) is 10.3 Å². The second-order valence-corrected chi connectivity index (χ2v) is 7.91. The fraction of sp³-hybridized carbons (Fsp3) is 0.231. The molecule has 33 heavy (non-hydrogen) atoms.